The van der Waals surface area contributed by atoms with Gasteiger partial charge in [0.2, 0.25) is 0 Å². The summed E-state index contributed by atoms with van der Waals surface area (Å²) < 4.78 is 0. The predicted molar refractivity (Wildman–Crippen MR) is 63.8 cm³/mol. The maximum absolute atomic E-state index is 2.38. The summed E-state index contributed by atoms with van der Waals surface area (Å²) in [6.07, 6.45) is 5.07. The highest BCUT2D eigenvalue weighted by atomic mass is 14.1. The van der Waals surface area contributed by atoms with Gasteiger partial charge in [0.05, 0.1) is 0 Å². The lowest BCUT2D eigenvalue weighted by Gasteiger charge is -2.10. The molecule has 14 heavy (non-hydrogen) atoms. The van der Waals surface area contributed by atoms with Crippen LogP contribution in [0.25, 0.3) is 0 Å². The molecule has 0 amide bonds. The lowest BCUT2D eigenvalue weighted by molar-refractivity contribution is 0.729. The second kappa shape index (κ2) is 5.85. The first kappa shape index (κ1) is 11.3. The summed E-state index contributed by atoms with van der Waals surface area (Å²) in [6.45, 7) is 6.81. The molecule has 0 heterocycles. The highest BCUT2D eigenvalue weighted by Crippen LogP contribution is 2.20. The van der Waals surface area contributed by atoms with E-state index < -0.39 is 0 Å². The molecule has 0 spiro atoms. The van der Waals surface area contributed by atoms with Gasteiger partial charge >= 0.3 is 0 Å². The van der Waals surface area contributed by atoms with Crippen molar-refractivity contribution in [2.24, 2.45) is 0 Å². The highest BCUT2D eigenvalue weighted by Gasteiger charge is 2.02. The molecule has 78 valence electrons. The van der Waals surface area contributed by atoms with Crippen LogP contribution >= 0.6 is 0 Å². The molecule has 0 fully saturated rings. The molecule has 0 aromatic heterocycles. The summed E-state index contributed by atoms with van der Waals surface area (Å²) >= 11 is 0. The van der Waals surface area contributed by atoms with Gasteiger partial charge in [0.1, 0.15) is 0 Å². The van der Waals surface area contributed by atoms with Crippen LogP contribution in [-0.4, -0.2) is 0 Å². The Bertz CT molecular complexity index is 262. The molecule has 0 aliphatic rings. The van der Waals surface area contributed by atoms with Crippen LogP contribution in [-0.2, 0) is 6.42 Å². The minimum atomic E-state index is 0.705. The monoisotopic (exact) mass is 190 g/mol. The van der Waals surface area contributed by atoms with Gasteiger partial charge in [-0.15, -0.1) is 0 Å². The first-order chi connectivity index (χ1) is 6.77. The summed E-state index contributed by atoms with van der Waals surface area (Å²) in [6, 6.07) is 9.08. The molecule has 0 aliphatic heterocycles. The topological polar surface area (TPSA) is 0 Å². The quantitative estimate of drug-likeness (QED) is 0.639. The van der Waals surface area contributed by atoms with E-state index in [0.29, 0.717) is 5.92 Å². The van der Waals surface area contributed by atoms with Crippen LogP contribution in [0, 0.1) is 0 Å². The Labute approximate surface area is 88.4 Å². The number of benzene rings is 1. The zero-order valence-corrected chi connectivity index (χ0v) is 9.72. The fourth-order valence-corrected chi connectivity index (χ4v) is 1.67. The van der Waals surface area contributed by atoms with Gasteiger partial charge in [-0.1, -0.05) is 51.5 Å². The molecule has 1 aromatic carbocycles. The second-order valence-corrected chi connectivity index (χ2v) is 4.16. The van der Waals surface area contributed by atoms with Crippen LogP contribution in [0.4, 0.5) is 0 Å². The third kappa shape index (κ3) is 3.17. The number of hydrogen-bond acceptors (Lipinski definition) is 0. The van der Waals surface area contributed by atoms with Crippen LogP contribution < -0.4 is 0 Å². The Balaban J connectivity index is 2.68. The van der Waals surface area contributed by atoms with E-state index in [-0.39, 0.29) is 0 Å². The Morgan fingerprint density at radius 2 is 2.00 bits per heavy atom. The van der Waals surface area contributed by atoms with Gasteiger partial charge in [0.25, 0.3) is 0 Å². The van der Waals surface area contributed by atoms with Crippen molar-refractivity contribution in [3.63, 3.8) is 0 Å². The molecular formula is C14H22. The molecule has 1 atom stereocenters. The molecule has 0 bridgehead atoms. The Morgan fingerprint density at radius 3 is 2.64 bits per heavy atom. The van der Waals surface area contributed by atoms with Crippen molar-refractivity contribution in [1.82, 2.24) is 0 Å². The summed E-state index contributed by atoms with van der Waals surface area (Å²) in [5, 5.41) is 0. The molecule has 0 heteroatoms. The number of unbranched alkanes of at least 4 members (excludes halogenated alkanes) is 1. The van der Waals surface area contributed by atoms with Crippen molar-refractivity contribution < 1.29 is 0 Å². The predicted octanol–water partition coefficient (Wildman–Crippen LogP) is 4.54. The largest absolute Gasteiger partial charge is 0.0654 e. The zero-order chi connectivity index (χ0) is 10.4. The first-order valence-electron chi connectivity index (χ1n) is 5.86. The molecule has 1 unspecified atom stereocenters. The summed E-state index contributed by atoms with van der Waals surface area (Å²) in [7, 11) is 0. The van der Waals surface area contributed by atoms with Crippen LogP contribution in [0.3, 0.4) is 0 Å². The number of rotatable bonds is 5. The van der Waals surface area contributed by atoms with E-state index in [9.17, 15) is 0 Å². The average Bonchev–Trinajstić information content (AvgIpc) is 2.25. The van der Waals surface area contributed by atoms with Crippen molar-refractivity contribution in [2.75, 3.05) is 0 Å². The van der Waals surface area contributed by atoms with Gasteiger partial charge in [0.15, 0.2) is 0 Å². The lowest BCUT2D eigenvalue weighted by atomic mass is 9.95. The van der Waals surface area contributed by atoms with Gasteiger partial charge in [0, 0.05) is 0 Å². The molecule has 0 aliphatic carbocycles. The van der Waals surface area contributed by atoms with Gasteiger partial charge < -0.3 is 0 Å². The van der Waals surface area contributed by atoms with E-state index in [1.807, 2.05) is 0 Å². The van der Waals surface area contributed by atoms with Crippen LogP contribution in [0.1, 0.15) is 57.1 Å². The smallest absolute Gasteiger partial charge is 0.0193 e. The van der Waals surface area contributed by atoms with Crippen molar-refractivity contribution in [2.45, 2.75) is 52.4 Å². The van der Waals surface area contributed by atoms with Crippen molar-refractivity contribution in [3.05, 3.63) is 35.4 Å². The van der Waals surface area contributed by atoms with E-state index >= 15 is 0 Å². The molecule has 0 saturated heterocycles. The fraction of sp³-hybridized carbons (Fsp3) is 0.571. The second-order valence-electron chi connectivity index (χ2n) is 4.16. The van der Waals surface area contributed by atoms with E-state index in [4.69, 9.17) is 0 Å². The van der Waals surface area contributed by atoms with Crippen LogP contribution in [0.15, 0.2) is 24.3 Å². The van der Waals surface area contributed by atoms with Crippen LogP contribution in [0.5, 0.6) is 0 Å². The third-order valence-corrected chi connectivity index (χ3v) is 2.95. The molecule has 0 nitrogen and oxygen atoms in total. The highest BCUT2D eigenvalue weighted by molar-refractivity contribution is 5.26. The average molecular weight is 190 g/mol. The van der Waals surface area contributed by atoms with E-state index in [0.717, 1.165) is 0 Å². The minimum Gasteiger partial charge on any atom is -0.0654 e. The molecular weight excluding hydrogens is 168 g/mol. The van der Waals surface area contributed by atoms with Crippen molar-refractivity contribution in [3.8, 4) is 0 Å². The van der Waals surface area contributed by atoms with Gasteiger partial charge in [-0.05, 0) is 36.3 Å². The van der Waals surface area contributed by atoms with E-state index in [1.165, 1.54) is 36.8 Å². The van der Waals surface area contributed by atoms with Crippen LogP contribution in [0.2, 0.25) is 0 Å². The van der Waals surface area contributed by atoms with E-state index in [2.05, 4.69) is 45.0 Å². The molecule has 0 N–H and O–H groups in total. The summed E-state index contributed by atoms with van der Waals surface area (Å²) in [5.41, 5.74) is 3.01. The lowest BCUT2D eigenvalue weighted by Crippen LogP contribution is -1.93. The van der Waals surface area contributed by atoms with E-state index in [1.54, 1.807) is 0 Å². The number of aryl methyl sites for hydroxylation is 1. The number of hydrogen-bond donors (Lipinski definition) is 0. The third-order valence-electron chi connectivity index (χ3n) is 2.95. The maximum atomic E-state index is 2.38. The van der Waals surface area contributed by atoms with Crippen molar-refractivity contribution in [1.29, 1.82) is 0 Å². The molecule has 1 aromatic rings. The Hall–Kier alpha value is -0.780. The fourth-order valence-electron chi connectivity index (χ4n) is 1.67. The Kier molecular flexibility index (Phi) is 4.72. The molecule has 0 saturated carbocycles. The minimum absolute atomic E-state index is 0.705. The first-order valence-corrected chi connectivity index (χ1v) is 5.86. The normalized spacial score (nSPS) is 12.8. The summed E-state index contributed by atoms with van der Waals surface area (Å²) in [4.78, 5) is 0. The molecule has 1 rings (SSSR count). The van der Waals surface area contributed by atoms with Gasteiger partial charge in [-0.3, -0.25) is 0 Å². The maximum Gasteiger partial charge on any atom is -0.0193 e. The standard InChI is InChI=1S/C14H22/c1-4-6-8-13-9-7-10-14(11-13)12(3)5-2/h7,9-12H,4-6,8H2,1-3H3. The van der Waals surface area contributed by atoms with Gasteiger partial charge in [-0.2, -0.15) is 0 Å². The zero-order valence-electron chi connectivity index (χ0n) is 9.72. The summed E-state index contributed by atoms with van der Waals surface area (Å²) in [5.74, 6) is 0.705. The Morgan fingerprint density at radius 1 is 1.21 bits per heavy atom. The van der Waals surface area contributed by atoms with Crippen molar-refractivity contribution >= 4 is 0 Å². The van der Waals surface area contributed by atoms with Gasteiger partial charge in [-0.25, -0.2) is 0 Å². The SMILES string of the molecule is CCCCc1cccc(C(C)CC)c1. The molecule has 0 radical (unpaired) electrons.